The van der Waals surface area contributed by atoms with Gasteiger partial charge in [0.25, 0.3) is 0 Å². The van der Waals surface area contributed by atoms with Gasteiger partial charge in [-0.25, -0.2) is 0 Å². The standard InChI is InChI=1S/C14H30O2/c1-3-5-7-9-13(11-15)14(12-16)10-8-6-4-2/h13-16H,3-12H2,1-2H3. The van der Waals surface area contributed by atoms with E-state index in [-0.39, 0.29) is 13.2 Å². The fourth-order valence-electron chi connectivity index (χ4n) is 2.27. The molecule has 0 spiro atoms. The third kappa shape index (κ3) is 7.24. The minimum Gasteiger partial charge on any atom is -0.396 e. The molecule has 0 aliphatic rings. The van der Waals surface area contributed by atoms with Crippen LogP contribution < -0.4 is 0 Å². The summed E-state index contributed by atoms with van der Waals surface area (Å²) in [5.74, 6) is 0.627. The Hall–Kier alpha value is -0.0800. The molecule has 0 fully saturated rings. The number of hydrogen-bond donors (Lipinski definition) is 2. The lowest BCUT2D eigenvalue weighted by atomic mass is 9.85. The number of aliphatic hydroxyl groups is 2. The normalized spacial score (nSPS) is 15.0. The van der Waals surface area contributed by atoms with Crippen molar-refractivity contribution >= 4 is 0 Å². The van der Waals surface area contributed by atoms with E-state index in [0.717, 1.165) is 12.8 Å². The van der Waals surface area contributed by atoms with Crippen LogP contribution in [0, 0.1) is 11.8 Å². The highest BCUT2D eigenvalue weighted by molar-refractivity contribution is 4.69. The summed E-state index contributed by atoms with van der Waals surface area (Å²) >= 11 is 0. The molecule has 0 saturated heterocycles. The van der Waals surface area contributed by atoms with Crippen molar-refractivity contribution in [3.05, 3.63) is 0 Å². The lowest BCUT2D eigenvalue weighted by Gasteiger charge is -2.23. The maximum absolute atomic E-state index is 9.37. The van der Waals surface area contributed by atoms with E-state index in [1.54, 1.807) is 0 Å². The van der Waals surface area contributed by atoms with Crippen molar-refractivity contribution in [3.63, 3.8) is 0 Å². The molecule has 0 saturated carbocycles. The molecule has 2 atom stereocenters. The summed E-state index contributed by atoms with van der Waals surface area (Å²) in [6.45, 7) is 4.86. The first kappa shape index (κ1) is 15.9. The van der Waals surface area contributed by atoms with Crippen LogP contribution in [0.5, 0.6) is 0 Å². The zero-order chi connectivity index (χ0) is 12.2. The molecule has 2 unspecified atom stereocenters. The van der Waals surface area contributed by atoms with Crippen molar-refractivity contribution in [1.82, 2.24) is 0 Å². The Labute approximate surface area is 101 Å². The molecule has 0 amide bonds. The lowest BCUT2D eigenvalue weighted by molar-refractivity contribution is 0.104. The Kier molecular flexibility index (Phi) is 11.3. The molecule has 0 aromatic carbocycles. The van der Waals surface area contributed by atoms with Crippen molar-refractivity contribution in [2.45, 2.75) is 65.2 Å². The Balaban J connectivity index is 3.85. The number of rotatable bonds is 11. The highest BCUT2D eigenvalue weighted by atomic mass is 16.3. The van der Waals surface area contributed by atoms with Crippen molar-refractivity contribution in [3.8, 4) is 0 Å². The molecule has 16 heavy (non-hydrogen) atoms. The number of unbranched alkanes of at least 4 members (excludes halogenated alkanes) is 4. The first-order valence-corrected chi connectivity index (χ1v) is 7.01. The van der Waals surface area contributed by atoms with Crippen LogP contribution in [0.1, 0.15) is 65.2 Å². The maximum atomic E-state index is 9.37. The van der Waals surface area contributed by atoms with Gasteiger partial charge in [0.1, 0.15) is 0 Å². The summed E-state index contributed by atoms with van der Waals surface area (Å²) in [6.07, 6.45) is 9.43. The number of hydrogen-bond acceptors (Lipinski definition) is 2. The second kappa shape index (κ2) is 11.4. The Morgan fingerprint density at radius 3 is 1.31 bits per heavy atom. The van der Waals surface area contributed by atoms with E-state index in [1.807, 2.05) is 0 Å². The van der Waals surface area contributed by atoms with Gasteiger partial charge < -0.3 is 10.2 Å². The monoisotopic (exact) mass is 230 g/mol. The average molecular weight is 230 g/mol. The van der Waals surface area contributed by atoms with E-state index in [0.29, 0.717) is 11.8 Å². The second-order valence-corrected chi connectivity index (χ2v) is 4.88. The van der Waals surface area contributed by atoms with Crippen molar-refractivity contribution in [1.29, 1.82) is 0 Å². The van der Waals surface area contributed by atoms with E-state index >= 15 is 0 Å². The van der Waals surface area contributed by atoms with E-state index in [1.165, 1.54) is 38.5 Å². The van der Waals surface area contributed by atoms with E-state index in [2.05, 4.69) is 13.8 Å². The first-order valence-electron chi connectivity index (χ1n) is 7.01. The molecule has 0 aliphatic heterocycles. The fourth-order valence-corrected chi connectivity index (χ4v) is 2.27. The minimum atomic E-state index is 0.237. The molecule has 2 nitrogen and oxygen atoms in total. The van der Waals surface area contributed by atoms with Gasteiger partial charge in [-0.1, -0.05) is 52.4 Å². The SMILES string of the molecule is CCCCCC(CO)C(CO)CCCCC. The molecule has 0 rings (SSSR count). The summed E-state index contributed by atoms with van der Waals surface area (Å²) in [5.41, 5.74) is 0. The van der Waals surface area contributed by atoms with Crippen molar-refractivity contribution in [2.75, 3.05) is 13.2 Å². The van der Waals surface area contributed by atoms with Crippen LogP contribution in [-0.4, -0.2) is 23.4 Å². The summed E-state index contributed by atoms with van der Waals surface area (Å²) in [6, 6.07) is 0. The molecule has 0 aromatic rings. The van der Waals surface area contributed by atoms with Gasteiger partial charge in [-0.05, 0) is 24.7 Å². The van der Waals surface area contributed by atoms with Crippen molar-refractivity contribution < 1.29 is 10.2 Å². The Morgan fingerprint density at radius 2 is 1.06 bits per heavy atom. The molecule has 0 aliphatic carbocycles. The summed E-state index contributed by atoms with van der Waals surface area (Å²) in [4.78, 5) is 0. The van der Waals surface area contributed by atoms with Gasteiger partial charge in [-0.3, -0.25) is 0 Å². The van der Waals surface area contributed by atoms with Crippen LogP contribution in [0.2, 0.25) is 0 Å². The maximum Gasteiger partial charge on any atom is 0.0462 e. The Bertz CT molecular complexity index is 121. The fraction of sp³-hybridized carbons (Fsp3) is 1.00. The van der Waals surface area contributed by atoms with Crippen LogP contribution >= 0.6 is 0 Å². The quantitative estimate of drug-likeness (QED) is 0.534. The molecule has 2 N–H and O–H groups in total. The van der Waals surface area contributed by atoms with E-state index < -0.39 is 0 Å². The predicted octanol–water partition coefficient (Wildman–Crippen LogP) is 3.36. The summed E-state index contributed by atoms with van der Waals surface area (Å²) < 4.78 is 0. The van der Waals surface area contributed by atoms with Gasteiger partial charge in [0, 0.05) is 13.2 Å². The van der Waals surface area contributed by atoms with Crippen LogP contribution in [0.4, 0.5) is 0 Å². The second-order valence-electron chi connectivity index (χ2n) is 4.88. The van der Waals surface area contributed by atoms with E-state index in [9.17, 15) is 10.2 Å². The largest absolute Gasteiger partial charge is 0.396 e. The smallest absolute Gasteiger partial charge is 0.0462 e. The van der Waals surface area contributed by atoms with Crippen LogP contribution in [0.3, 0.4) is 0 Å². The van der Waals surface area contributed by atoms with Crippen molar-refractivity contribution in [2.24, 2.45) is 11.8 Å². The topological polar surface area (TPSA) is 40.5 Å². The van der Waals surface area contributed by atoms with Crippen LogP contribution in [0.15, 0.2) is 0 Å². The Morgan fingerprint density at radius 1 is 0.688 bits per heavy atom. The molecule has 0 aromatic heterocycles. The van der Waals surface area contributed by atoms with Gasteiger partial charge >= 0.3 is 0 Å². The molecular weight excluding hydrogens is 200 g/mol. The molecular formula is C14H30O2. The molecule has 0 bridgehead atoms. The van der Waals surface area contributed by atoms with Gasteiger partial charge in [-0.2, -0.15) is 0 Å². The first-order chi connectivity index (χ1) is 7.79. The van der Waals surface area contributed by atoms with E-state index in [4.69, 9.17) is 0 Å². The number of aliphatic hydroxyl groups excluding tert-OH is 2. The minimum absolute atomic E-state index is 0.237. The molecule has 0 radical (unpaired) electrons. The van der Waals surface area contributed by atoms with Crippen LogP contribution in [0.25, 0.3) is 0 Å². The average Bonchev–Trinajstić information content (AvgIpc) is 2.31. The third-order valence-electron chi connectivity index (χ3n) is 3.49. The lowest BCUT2D eigenvalue weighted by Crippen LogP contribution is -2.22. The van der Waals surface area contributed by atoms with Gasteiger partial charge in [-0.15, -0.1) is 0 Å². The van der Waals surface area contributed by atoms with Gasteiger partial charge in [0.2, 0.25) is 0 Å². The van der Waals surface area contributed by atoms with Gasteiger partial charge in [0.15, 0.2) is 0 Å². The molecule has 0 heterocycles. The highest BCUT2D eigenvalue weighted by Gasteiger charge is 2.19. The predicted molar refractivity (Wildman–Crippen MR) is 69.4 cm³/mol. The zero-order valence-electron chi connectivity index (χ0n) is 11.1. The summed E-state index contributed by atoms with van der Waals surface area (Å²) in [7, 11) is 0. The molecule has 2 heteroatoms. The summed E-state index contributed by atoms with van der Waals surface area (Å²) in [5, 5.41) is 18.7. The van der Waals surface area contributed by atoms with Gasteiger partial charge in [0.05, 0.1) is 0 Å². The molecule has 98 valence electrons. The third-order valence-corrected chi connectivity index (χ3v) is 3.49. The zero-order valence-corrected chi connectivity index (χ0v) is 11.1. The van der Waals surface area contributed by atoms with Crippen LogP contribution in [-0.2, 0) is 0 Å². The highest BCUT2D eigenvalue weighted by Crippen LogP contribution is 2.23.